The van der Waals surface area contributed by atoms with Crippen molar-refractivity contribution < 1.29 is 0 Å². The van der Waals surface area contributed by atoms with Gasteiger partial charge in [0.15, 0.2) is 0 Å². The predicted molar refractivity (Wildman–Crippen MR) is 110 cm³/mol. The van der Waals surface area contributed by atoms with E-state index in [2.05, 4.69) is 109 Å². The summed E-state index contributed by atoms with van der Waals surface area (Å²) < 4.78 is 0. The molecule has 0 atom stereocenters. The topological polar surface area (TPSA) is 0 Å². The van der Waals surface area contributed by atoms with E-state index in [1.807, 2.05) is 0 Å². The quantitative estimate of drug-likeness (QED) is 0.485. The number of hydrogen-bond acceptors (Lipinski definition) is 0. The Morgan fingerprint density at radius 3 is 1.28 bits per heavy atom. The third-order valence-electron chi connectivity index (χ3n) is 4.30. The second-order valence-corrected chi connectivity index (χ2v) is 7.75. The molecule has 1 radical (unpaired) electrons. The van der Waals surface area contributed by atoms with Crippen LogP contribution in [0.2, 0.25) is 0 Å². The second kappa shape index (κ2) is 7.33. The van der Waals surface area contributed by atoms with Gasteiger partial charge in [-0.2, -0.15) is 0 Å². The van der Waals surface area contributed by atoms with Gasteiger partial charge in [-0.1, -0.05) is 114 Å². The van der Waals surface area contributed by atoms with Crippen LogP contribution in [0.5, 0.6) is 0 Å². The van der Waals surface area contributed by atoms with Gasteiger partial charge >= 0.3 is 0 Å². The van der Waals surface area contributed by atoms with Gasteiger partial charge in [-0.05, 0) is 28.3 Å². The molecule has 0 fully saturated rings. The summed E-state index contributed by atoms with van der Waals surface area (Å²) in [5.74, 6) is 0. The van der Waals surface area contributed by atoms with E-state index in [-0.39, 0.29) is 9.52 Å². The first kappa shape index (κ1) is 15.6. The highest BCUT2D eigenvalue weighted by molar-refractivity contribution is 6.67. The Hall–Kier alpha value is -2.90. The molecule has 1 heteroatoms. The average molecular weight is 336 g/mol. The summed E-state index contributed by atoms with van der Waals surface area (Å²) in [6.07, 6.45) is 0. The summed E-state index contributed by atoms with van der Waals surface area (Å²) in [6, 6.07) is 39.1. The summed E-state index contributed by atoms with van der Waals surface area (Å²) in [5.41, 5.74) is 5.13. The Morgan fingerprint density at radius 2 is 0.800 bits per heavy atom. The highest BCUT2D eigenvalue weighted by atomic mass is 28.2. The lowest BCUT2D eigenvalue weighted by molar-refractivity contribution is 1.60. The van der Waals surface area contributed by atoms with E-state index >= 15 is 0 Å². The van der Waals surface area contributed by atoms with Gasteiger partial charge < -0.3 is 0 Å². The van der Waals surface area contributed by atoms with Crippen LogP contribution in [0.4, 0.5) is 0 Å². The van der Waals surface area contributed by atoms with Crippen molar-refractivity contribution in [2.45, 2.75) is 0 Å². The van der Waals surface area contributed by atoms with Crippen molar-refractivity contribution in [2.24, 2.45) is 0 Å². The molecule has 4 rings (SSSR count). The van der Waals surface area contributed by atoms with Crippen molar-refractivity contribution in [1.82, 2.24) is 0 Å². The molecule has 0 heterocycles. The van der Waals surface area contributed by atoms with Gasteiger partial charge in [-0.15, -0.1) is 0 Å². The van der Waals surface area contributed by atoms with Crippen LogP contribution in [-0.4, -0.2) is 9.52 Å². The number of benzene rings is 4. The monoisotopic (exact) mass is 335 g/mol. The third kappa shape index (κ3) is 3.78. The molecule has 0 amide bonds. The lowest BCUT2D eigenvalue weighted by Gasteiger charge is -2.11. The maximum atomic E-state index is 2.35. The number of rotatable bonds is 4. The highest BCUT2D eigenvalue weighted by Crippen LogP contribution is 2.25. The predicted octanol–water partition coefficient (Wildman–Crippen LogP) is 4.41. The molecular weight excluding hydrogens is 316 g/mol. The molecule has 25 heavy (non-hydrogen) atoms. The van der Waals surface area contributed by atoms with E-state index in [0.29, 0.717) is 0 Å². The molecule has 0 aliphatic rings. The molecule has 0 saturated heterocycles. The van der Waals surface area contributed by atoms with Crippen LogP contribution >= 0.6 is 0 Å². The molecule has 0 unspecified atom stereocenters. The molecule has 0 aromatic heterocycles. The Labute approximate surface area is 151 Å². The lowest BCUT2D eigenvalue weighted by atomic mass is 9.99. The largest absolute Gasteiger partial charge is 0.103 e. The fraction of sp³-hybridized carbons (Fsp3) is 0. The Balaban J connectivity index is 1.80. The van der Waals surface area contributed by atoms with Crippen LogP contribution in [0.25, 0.3) is 22.3 Å². The van der Waals surface area contributed by atoms with Crippen molar-refractivity contribution in [1.29, 1.82) is 0 Å². The normalized spacial score (nSPS) is 10.6. The Kier molecular flexibility index (Phi) is 4.58. The van der Waals surface area contributed by atoms with Gasteiger partial charge in [0.05, 0.1) is 0 Å². The van der Waals surface area contributed by atoms with Crippen LogP contribution in [0.3, 0.4) is 0 Å². The molecule has 119 valence electrons. The van der Waals surface area contributed by atoms with Crippen molar-refractivity contribution in [3.05, 3.63) is 109 Å². The fourth-order valence-corrected chi connectivity index (χ4v) is 4.40. The summed E-state index contributed by atoms with van der Waals surface area (Å²) in [4.78, 5) is 0. The van der Waals surface area contributed by atoms with Crippen molar-refractivity contribution in [2.75, 3.05) is 0 Å². The van der Waals surface area contributed by atoms with E-state index in [4.69, 9.17) is 0 Å². The Bertz CT molecular complexity index is 887. The first-order chi connectivity index (χ1) is 12.4. The Morgan fingerprint density at radius 1 is 0.360 bits per heavy atom. The molecule has 0 nitrogen and oxygen atoms in total. The van der Waals surface area contributed by atoms with Gasteiger partial charge in [0, 0.05) is 0 Å². The zero-order valence-electron chi connectivity index (χ0n) is 14.0. The summed E-state index contributed by atoms with van der Waals surface area (Å²) in [5, 5.41) is 2.85. The first-order valence-electron chi connectivity index (χ1n) is 8.54. The van der Waals surface area contributed by atoms with E-state index in [1.165, 1.54) is 32.6 Å². The molecule has 0 N–H and O–H groups in total. The lowest BCUT2D eigenvalue weighted by Crippen LogP contribution is -2.27. The minimum atomic E-state index is 0.0863. The van der Waals surface area contributed by atoms with Crippen molar-refractivity contribution in [3.8, 4) is 22.3 Å². The molecule has 0 aliphatic heterocycles. The highest BCUT2D eigenvalue weighted by Gasteiger charge is 2.06. The molecule has 4 aromatic rings. The van der Waals surface area contributed by atoms with Crippen LogP contribution < -0.4 is 10.4 Å². The maximum Gasteiger partial charge on any atom is 0.103 e. The third-order valence-corrected chi connectivity index (χ3v) is 5.69. The summed E-state index contributed by atoms with van der Waals surface area (Å²) in [6.45, 7) is 0. The zero-order valence-corrected chi connectivity index (χ0v) is 15.1. The van der Waals surface area contributed by atoms with Crippen LogP contribution in [0, 0.1) is 0 Å². The molecule has 0 aliphatic carbocycles. The second-order valence-electron chi connectivity index (χ2n) is 6.13. The zero-order chi connectivity index (χ0) is 16.9. The molecule has 0 bridgehead atoms. The van der Waals surface area contributed by atoms with Gasteiger partial charge in [0.25, 0.3) is 0 Å². The smallest absolute Gasteiger partial charge is 0.0632 e. The van der Waals surface area contributed by atoms with E-state index in [0.717, 1.165) is 0 Å². The number of hydrogen-bond donors (Lipinski definition) is 0. The van der Waals surface area contributed by atoms with Gasteiger partial charge in [-0.25, -0.2) is 0 Å². The first-order valence-corrected chi connectivity index (χ1v) is 9.70. The summed E-state index contributed by atoms with van der Waals surface area (Å²) >= 11 is 0. The van der Waals surface area contributed by atoms with Gasteiger partial charge in [0.1, 0.15) is 9.52 Å². The maximum absolute atomic E-state index is 2.35. The molecule has 0 saturated carbocycles. The van der Waals surface area contributed by atoms with Crippen LogP contribution in [-0.2, 0) is 0 Å². The fourth-order valence-electron chi connectivity index (χ4n) is 3.07. The minimum Gasteiger partial charge on any atom is -0.0632 e. The SMILES string of the molecule is c1ccc([SiH]c2cc(-c3ccccc3)cc(-c3ccccc3)c2)cc1. The molecule has 0 spiro atoms. The van der Waals surface area contributed by atoms with Gasteiger partial charge in [-0.3, -0.25) is 0 Å². The van der Waals surface area contributed by atoms with E-state index in [9.17, 15) is 0 Å². The van der Waals surface area contributed by atoms with Crippen LogP contribution in [0.15, 0.2) is 109 Å². The van der Waals surface area contributed by atoms with E-state index < -0.39 is 0 Å². The summed E-state index contributed by atoms with van der Waals surface area (Å²) in [7, 11) is 0.0863. The van der Waals surface area contributed by atoms with Crippen molar-refractivity contribution in [3.63, 3.8) is 0 Å². The van der Waals surface area contributed by atoms with Crippen molar-refractivity contribution >= 4 is 19.9 Å². The minimum absolute atomic E-state index is 0.0863. The molecular formula is C24H19Si. The van der Waals surface area contributed by atoms with E-state index in [1.54, 1.807) is 0 Å². The van der Waals surface area contributed by atoms with Crippen LogP contribution in [0.1, 0.15) is 0 Å². The van der Waals surface area contributed by atoms with Gasteiger partial charge in [0.2, 0.25) is 0 Å². The molecule has 4 aromatic carbocycles. The standard InChI is InChI=1S/C24H19Si/c1-4-10-19(11-5-1)21-16-22(20-12-6-2-7-13-20)18-24(17-21)25-23-14-8-3-9-15-23/h1-18,25H. The average Bonchev–Trinajstić information content (AvgIpc) is 2.70.